The third kappa shape index (κ3) is 2.16. The van der Waals surface area contributed by atoms with Crippen LogP contribution in [0.15, 0.2) is 23.1 Å². The molecule has 110 valence electrons. The summed E-state index contributed by atoms with van der Waals surface area (Å²) in [5, 5.41) is 0. The number of nitrogens with zero attached hydrogens (tertiary/aromatic N) is 1. The SMILES string of the molecule is Cc1cc(F)ccc1S(=O)(=O)N1CC2CCC(N)C2C1. The summed E-state index contributed by atoms with van der Waals surface area (Å²) in [5.74, 6) is 0.229. The Hall–Kier alpha value is -0.980. The Bertz CT molecular complexity index is 632. The molecular weight excluding hydrogens is 279 g/mol. The zero-order valence-electron chi connectivity index (χ0n) is 11.4. The molecule has 2 fully saturated rings. The van der Waals surface area contributed by atoms with Crippen LogP contribution in [0, 0.1) is 24.6 Å². The van der Waals surface area contributed by atoms with E-state index in [9.17, 15) is 12.8 Å². The van der Waals surface area contributed by atoms with Gasteiger partial charge in [-0.1, -0.05) is 0 Å². The summed E-state index contributed by atoms with van der Waals surface area (Å²) in [6.07, 6.45) is 1.99. The second-order valence-corrected chi connectivity index (χ2v) is 7.80. The molecule has 1 saturated carbocycles. The van der Waals surface area contributed by atoms with Crippen LogP contribution in [0.3, 0.4) is 0 Å². The van der Waals surface area contributed by atoms with Crippen LogP contribution in [0.5, 0.6) is 0 Å². The number of benzene rings is 1. The smallest absolute Gasteiger partial charge is 0.243 e. The summed E-state index contributed by atoms with van der Waals surface area (Å²) >= 11 is 0. The predicted molar refractivity (Wildman–Crippen MR) is 74.1 cm³/mol. The lowest BCUT2D eigenvalue weighted by Crippen LogP contribution is -2.33. The standard InChI is InChI=1S/C14H19FN2O2S/c1-9-6-11(15)3-5-14(9)20(18,19)17-7-10-2-4-13(16)12(10)8-17/h3,5-6,10,12-13H,2,4,7-8,16H2,1H3. The summed E-state index contributed by atoms with van der Waals surface area (Å²) < 4.78 is 40.0. The number of rotatable bonds is 2. The third-order valence-corrected chi connectivity index (χ3v) is 6.63. The fourth-order valence-corrected chi connectivity index (χ4v) is 5.24. The normalized spacial score (nSPS) is 30.6. The lowest BCUT2D eigenvalue weighted by Gasteiger charge is -2.19. The Morgan fingerprint density at radius 2 is 2.05 bits per heavy atom. The summed E-state index contributed by atoms with van der Waals surface area (Å²) in [6, 6.07) is 3.92. The molecule has 0 bridgehead atoms. The zero-order chi connectivity index (χ0) is 14.5. The number of aryl methyl sites for hydroxylation is 1. The quantitative estimate of drug-likeness (QED) is 0.900. The maximum absolute atomic E-state index is 13.1. The largest absolute Gasteiger partial charge is 0.327 e. The molecule has 0 aromatic heterocycles. The average Bonchev–Trinajstić information content (AvgIpc) is 2.92. The van der Waals surface area contributed by atoms with Gasteiger partial charge in [-0.05, 0) is 55.4 Å². The molecule has 20 heavy (non-hydrogen) atoms. The van der Waals surface area contributed by atoms with Crippen molar-refractivity contribution in [1.29, 1.82) is 0 Å². The first-order valence-corrected chi connectivity index (χ1v) is 8.35. The second kappa shape index (κ2) is 4.79. The van der Waals surface area contributed by atoms with Crippen LogP contribution in [0.1, 0.15) is 18.4 Å². The first-order valence-electron chi connectivity index (χ1n) is 6.91. The van der Waals surface area contributed by atoms with Crippen molar-refractivity contribution >= 4 is 10.0 Å². The Morgan fingerprint density at radius 3 is 2.70 bits per heavy atom. The highest BCUT2D eigenvalue weighted by Crippen LogP contribution is 2.39. The molecule has 1 aliphatic carbocycles. The molecule has 1 saturated heterocycles. The third-order valence-electron chi connectivity index (χ3n) is 4.63. The molecule has 2 N–H and O–H groups in total. The van der Waals surface area contributed by atoms with E-state index >= 15 is 0 Å². The number of nitrogens with two attached hydrogens (primary N) is 1. The van der Waals surface area contributed by atoms with Crippen molar-refractivity contribution in [1.82, 2.24) is 4.31 Å². The van der Waals surface area contributed by atoms with Crippen LogP contribution in [-0.2, 0) is 10.0 Å². The maximum atomic E-state index is 13.1. The van der Waals surface area contributed by atoms with Crippen LogP contribution in [-0.4, -0.2) is 31.9 Å². The van der Waals surface area contributed by atoms with Gasteiger partial charge in [0.05, 0.1) is 4.90 Å². The molecule has 0 amide bonds. The molecule has 3 atom stereocenters. The van der Waals surface area contributed by atoms with Crippen molar-refractivity contribution in [3.8, 4) is 0 Å². The Labute approximate surface area is 118 Å². The number of fused-ring (bicyclic) bond motifs is 1. The van der Waals surface area contributed by atoms with Gasteiger partial charge in [0.1, 0.15) is 5.82 Å². The van der Waals surface area contributed by atoms with Crippen LogP contribution < -0.4 is 5.73 Å². The van der Waals surface area contributed by atoms with Gasteiger partial charge >= 0.3 is 0 Å². The van der Waals surface area contributed by atoms with E-state index in [1.807, 2.05) is 0 Å². The van der Waals surface area contributed by atoms with Crippen molar-refractivity contribution in [2.24, 2.45) is 17.6 Å². The molecule has 1 aromatic rings. The fraction of sp³-hybridized carbons (Fsp3) is 0.571. The van der Waals surface area contributed by atoms with Crippen LogP contribution in [0.2, 0.25) is 0 Å². The van der Waals surface area contributed by atoms with Gasteiger partial charge in [-0.2, -0.15) is 4.31 Å². The van der Waals surface area contributed by atoms with Crippen LogP contribution in [0.25, 0.3) is 0 Å². The van der Waals surface area contributed by atoms with Crippen LogP contribution >= 0.6 is 0 Å². The number of hydrogen-bond acceptors (Lipinski definition) is 3. The van der Waals surface area contributed by atoms with E-state index < -0.39 is 15.8 Å². The highest BCUT2D eigenvalue weighted by molar-refractivity contribution is 7.89. The van der Waals surface area contributed by atoms with E-state index in [1.165, 1.54) is 22.5 Å². The van der Waals surface area contributed by atoms with Gasteiger partial charge in [-0.3, -0.25) is 0 Å². The molecule has 3 unspecified atom stereocenters. The molecule has 4 nitrogen and oxygen atoms in total. The van der Waals surface area contributed by atoms with Crippen molar-refractivity contribution in [3.05, 3.63) is 29.6 Å². The fourth-order valence-electron chi connectivity index (χ4n) is 3.50. The Kier molecular flexibility index (Phi) is 3.35. The van der Waals surface area contributed by atoms with E-state index in [2.05, 4.69) is 0 Å². The van der Waals surface area contributed by atoms with E-state index in [1.54, 1.807) is 6.92 Å². The van der Waals surface area contributed by atoms with Gasteiger partial charge in [-0.25, -0.2) is 12.8 Å². The topological polar surface area (TPSA) is 63.4 Å². The summed E-state index contributed by atoms with van der Waals surface area (Å²) in [5.41, 5.74) is 6.49. The average molecular weight is 298 g/mol. The van der Waals surface area contributed by atoms with Crippen molar-refractivity contribution in [2.45, 2.75) is 30.7 Å². The Morgan fingerprint density at radius 1 is 1.30 bits per heavy atom. The number of sulfonamides is 1. The summed E-state index contributed by atoms with van der Waals surface area (Å²) in [7, 11) is -3.54. The molecule has 2 aliphatic rings. The first kappa shape index (κ1) is 14.0. The van der Waals surface area contributed by atoms with E-state index in [4.69, 9.17) is 5.73 Å². The van der Waals surface area contributed by atoms with Gasteiger partial charge in [-0.15, -0.1) is 0 Å². The van der Waals surface area contributed by atoms with Gasteiger partial charge in [0.15, 0.2) is 0 Å². The lowest BCUT2D eigenvalue weighted by atomic mass is 9.98. The monoisotopic (exact) mass is 298 g/mol. The van der Waals surface area contributed by atoms with Gasteiger partial charge in [0.2, 0.25) is 10.0 Å². The molecule has 6 heteroatoms. The van der Waals surface area contributed by atoms with E-state index in [-0.39, 0.29) is 16.9 Å². The van der Waals surface area contributed by atoms with Gasteiger partial charge in [0.25, 0.3) is 0 Å². The second-order valence-electron chi connectivity index (χ2n) is 5.90. The zero-order valence-corrected chi connectivity index (χ0v) is 12.2. The minimum absolute atomic E-state index is 0.106. The molecule has 1 aliphatic heterocycles. The van der Waals surface area contributed by atoms with E-state index in [0.717, 1.165) is 12.8 Å². The summed E-state index contributed by atoms with van der Waals surface area (Å²) in [6.45, 7) is 2.65. The Balaban J connectivity index is 1.90. The van der Waals surface area contributed by atoms with Gasteiger partial charge in [0, 0.05) is 19.1 Å². The van der Waals surface area contributed by atoms with Crippen molar-refractivity contribution < 1.29 is 12.8 Å². The summed E-state index contributed by atoms with van der Waals surface area (Å²) in [4.78, 5) is 0.201. The number of halogens is 1. The molecule has 1 aromatic carbocycles. The number of hydrogen-bond donors (Lipinski definition) is 1. The molecule has 0 radical (unpaired) electrons. The van der Waals surface area contributed by atoms with E-state index in [0.29, 0.717) is 24.6 Å². The highest BCUT2D eigenvalue weighted by Gasteiger charge is 2.45. The minimum atomic E-state index is -3.54. The molecule has 1 heterocycles. The molecule has 3 rings (SSSR count). The first-order chi connectivity index (χ1) is 9.39. The molecule has 0 spiro atoms. The molecular formula is C14H19FN2O2S. The minimum Gasteiger partial charge on any atom is -0.327 e. The predicted octanol–water partition coefficient (Wildman–Crippen LogP) is 1.49. The lowest BCUT2D eigenvalue weighted by molar-refractivity contribution is 0.426. The van der Waals surface area contributed by atoms with Crippen LogP contribution in [0.4, 0.5) is 4.39 Å². The van der Waals surface area contributed by atoms with Gasteiger partial charge < -0.3 is 5.73 Å². The highest BCUT2D eigenvalue weighted by atomic mass is 32.2. The van der Waals surface area contributed by atoms with Crippen molar-refractivity contribution in [2.75, 3.05) is 13.1 Å². The maximum Gasteiger partial charge on any atom is 0.243 e. The van der Waals surface area contributed by atoms with Crippen molar-refractivity contribution in [3.63, 3.8) is 0 Å².